The SMILES string of the molecule is CC(=O)Nc1ccc(NC(=O)Cn2ccc(C(=O)O)n2)cc1. The van der Waals surface area contributed by atoms with E-state index in [0.29, 0.717) is 11.4 Å². The van der Waals surface area contributed by atoms with Crippen LogP contribution in [0, 0.1) is 0 Å². The van der Waals surface area contributed by atoms with Crippen molar-refractivity contribution < 1.29 is 19.5 Å². The van der Waals surface area contributed by atoms with E-state index in [1.807, 2.05) is 0 Å². The number of hydrogen-bond acceptors (Lipinski definition) is 4. The molecule has 0 fully saturated rings. The summed E-state index contributed by atoms with van der Waals surface area (Å²) in [5.74, 6) is -1.66. The largest absolute Gasteiger partial charge is 0.476 e. The van der Waals surface area contributed by atoms with E-state index in [1.54, 1.807) is 24.3 Å². The third kappa shape index (κ3) is 4.17. The quantitative estimate of drug-likeness (QED) is 0.767. The number of hydrogen-bond donors (Lipinski definition) is 3. The van der Waals surface area contributed by atoms with Gasteiger partial charge < -0.3 is 15.7 Å². The Hall–Kier alpha value is -3.16. The van der Waals surface area contributed by atoms with Crippen LogP contribution in [0.15, 0.2) is 36.5 Å². The Bertz CT molecular complexity index is 706. The Morgan fingerprint density at radius 3 is 2.18 bits per heavy atom. The van der Waals surface area contributed by atoms with E-state index in [1.165, 1.54) is 23.9 Å². The lowest BCUT2D eigenvalue weighted by molar-refractivity contribution is -0.117. The lowest BCUT2D eigenvalue weighted by Crippen LogP contribution is -2.19. The van der Waals surface area contributed by atoms with Crippen LogP contribution in [0.3, 0.4) is 0 Å². The molecular weight excluding hydrogens is 288 g/mol. The summed E-state index contributed by atoms with van der Waals surface area (Å²) in [4.78, 5) is 33.4. The maximum atomic E-state index is 11.8. The first-order valence-electron chi connectivity index (χ1n) is 6.38. The number of aromatic carboxylic acids is 1. The second-order valence-corrected chi connectivity index (χ2v) is 4.51. The number of carbonyl (C=O) groups is 3. The first kappa shape index (κ1) is 15.2. The van der Waals surface area contributed by atoms with Gasteiger partial charge in [-0.05, 0) is 30.3 Å². The van der Waals surface area contributed by atoms with Gasteiger partial charge in [0.1, 0.15) is 6.54 Å². The first-order valence-corrected chi connectivity index (χ1v) is 6.38. The zero-order chi connectivity index (χ0) is 16.1. The van der Waals surface area contributed by atoms with Crippen LogP contribution in [0.5, 0.6) is 0 Å². The van der Waals surface area contributed by atoms with Crippen molar-refractivity contribution in [3.8, 4) is 0 Å². The minimum absolute atomic E-state index is 0.0965. The van der Waals surface area contributed by atoms with Gasteiger partial charge in [0.15, 0.2) is 5.69 Å². The van der Waals surface area contributed by atoms with Crippen molar-refractivity contribution >= 4 is 29.2 Å². The summed E-state index contributed by atoms with van der Waals surface area (Å²) in [7, 11) is 0. The van der Waals surface area contributed by atoms with E-state index in [0.717, 1.165) is 0 Å². The number of carboxylic acids is 1. The second kappa shape index (κ2) is 6.53. The van der Waals surface area contributed by atoms with E-state index in [9.17, 15) is 14.4 Å². The molecule has 0 bridgehead atoms. The number of anilines is 2. The maximum Gasteiger partial charge on any atom is 0.356 e. The van der Waals surface area contributed by atoms with Gasteiger partial charge in [-0.25, -0.2) is 4.79 Å². The van der Waals surface area contributed by atoms with Crippen molar-refractivity contribution in [3.05, 3.63) is 42.2 Å². The van der Waals surface area contributed by atoms with Crippen molar-refractivity contribution in [1.29, 1.82) is 0 Å². The number of carboxylic acid groups (broad SMARTS) is 1. The van der Waals surface area contributed by atoms with E-state index >= 15 is 0 Å². The molecular formula is C14H14N4O4. The van der Waals surface area contributed by atoms with Gasteiger partial charge in [0, 0.05) is 24.5 Å². The van der Waals surface area contributed by atoms with Crippen LogP contribution in [0.2, 0.25) is 0 Å². The summed E-state index contributed by atoms with van der Waals surface area (Å²) >= 11 is 0. The van der Waals surface area contributed by atoms with Gasteiger partial charge in [0.25, 0.3) is 0 Å². The van der Waals surface area contributed by atoms with Crippen molar-refractivity contribution in [2.75, 3.05) is 10.6 Å². The van der Waals surface area contributed by atoms with E-state index in [-0.39, 0.29) is 24.1 Å². The molecule has 2 amide bonds. The molecule has 1 aromatic heterocycles. The van der Waals surface area contributed by atoms with Crippen LogP contribution in [0.1, 0.15) is 17.4 Å². The van der Waals surface area contributed by atoms with Crippen molar-refractivity contribution in [3.63, 3.8) is 0 Å². The molecule has 0 saturated carbocycles. The summed E-state index contributed by atoms with van der Waals surface area (Å²) in [5.41, 5.74) is 1.07. The zero-order valence-electron chi connectivity index (χ0n) is 11.7. The smallest absolute Gasteiger partial charge is 0.356 e. The fraction of sp³-hybridized carbons (Fsp3) is 0.143. The molecule has 22 heavy (non-hydrogen) atoms. The van der Waals surface area contributed by atoms with E-state index in [2.05, 4.69) is 15.7 Å². The fourth-order valence-electron chi connectivity index (χ4n) is 1.75. The van der Waals surface area contributed by atoms with E-state index in [4.69, 9.17) is 5.11 Å². The molecule has 0 aliphatic rings. The van der Waals surface area contributed by atoms with E-state index < -0.39 is 5.97 Å². The normalized spacial score (nSPS) is 10.0. The molecule has 1 aromatic carbocycles. The molecule has 0 saturated heterocycles. The molecule has 8 heteroatoms. The Morgan fingerprint density at radius 1 is 1.09 bits per heavy atom. The Kier molecular flexibility index (Phi) is 4.52. The average Bonchev–Trinajstić information content (AvgIpc) is 2.89. The maximum absolute atomic E-state index is 11.8. The van der Waals surface area contributed by atoms with Gasteiger partial charge >= 0.3 is 5.97 Å². The highest BCUT2D eigenvalue weighted by molar-refractivity contribution is 5.92. The van der Waals surface area contributed by atoms with Crippen LogP contribution >= 0.6 is 0 Å². The highest BCUT2D eigenvalue weighted by Crippen LogP contribution is 2.13. The second-order valence-electron chi connectivity index (χ2n) is 4.51. The minimum Gasteiger partial charge on any atom is -0.476 e. The summed E-state index contributed by atoms with van der Waals surface area (Å²) in [5, 5.41) is 17.8. The van der Waals surface area contributed by atoms with Gasteiger partial charge in [0.05, 0.1) is 0 Å². The molecule has 1 heterocycles. The molecule has 114 valence electrons. The molecule has 2 rings (SSSR count). The molecule has 0 spiro atoms. The van der Waals surface area contributed by atoms with Gasteiger partial charge in [-0.3, -0.25) is 14.3 Å². The van der Waals surface area contributed by atoms with Crippen LogP contribution in [-0.2, 0) is 16.1 Å². The Morgan fingerprint density at radius 2 is 1.68 bits per heavy atom. The molecule has 0 unspecified atom stereocenters. The number of nitrogens with one attached hydrogen (secondary N) is 2. The molecule has 0 atom stereocenters. The predicted octanol–water partition coefficient (Wildman–Crippen LogP) is 1.18. The van der Waals surface area contributed by atoms with Gasteiger partial charge in [0.2, 0.25) is 11.8 Å². The number of nitrogens with zero attached hydrogens (tertiary/aromatic N) is 2. The van der Waals surface area contributed by atoms with Gasteiger partial charge in [-0.1, -0.05) is 0 Å². The topological polar surface area (TPSA) is 113 Å². The lowest BCUT2D eigenvalue weighted by atomic mass is 10.2. The monoisotopic (exact) mass is 302 g/mol. The molecule has 0 radical (unpaired) electrons. The summed E-state index contributed by atoms with van der Waals surface area (Å²) in [6.45, 7) is 1.31. The number of rotatable bonds is 5. The molecule has 3 N–H and O–H groups in total. The summed E-state index contributed by atoms with van der Waals surface area (Å²) in [6.07, 6.45) is 1.42. The standard InChI is InChI=1S/C14H14N4O4/c1-9(19)15-10-2-4-11(5-3-10)16-13(20)8-18-7-6-12(17-18)14(21)22/h2-7H,8H2,1H3,(H,15,19)(H,16,20)(H,21,22). The lowest BCUT2D eigenvalue weighted by Gasteiger charge is -2.07. The van der Waals surface area contributed by atoms with Crippen LogP contribution in [0.4, 0.5) is 11.4 Å². The first-order chi connectivity index (χ1) is 10.4. The zero-order valence-corrected chi connectivity index (χ0v) is 11.7. The van der Waals surface area contributed by atoms with Gasteiger partial charge in [-0.2, -0.15) is 5.10 Å². The summed E-state index contributed by atoms with van der Waals surface area (Å²) < 4.78 is 1.24. The van der Waals surface area contributed by atoms with Crippen LogP contribution in [-0.4, -0.2) is 32.7 Å². The predicted molar refractivity (Wildman–Crippen MR) is 78.6 cm³/mol. The van der Waals surface area contributed by atoms with Crippen molar-refractivity contribution in [2.45, 2.75) is 13.5 Å². The van der Waals surface area contributed by atoms with Crippen LogP contribution in [0.25, 0.3) is 0 Å². The molecule has 0 aliphatic carbocycles. The number of aromatic nitrogens is 2. The minimum atomic E-state index is -1.15. The Balaban J connectivity index is 1.93. The van der Waals surface area contributed by atoms with Crippen molar-refractivity contribution in [2.24, 2.45) is 0 Å². The fourth-order valence-corrected chi connectivity index (χ4v) is 1.75. The van der Waals surface area contributed by atoms with Crippen molar-refractivity contribution in [1.82, 2.24) is 9.78 Å². The average molecular weight is 302 g/mol. The molecule has 8 nitrogen and oxygen atoms in total. The number of benzene rings is 1. The highest BCUT2D eigenvalue weighted by atomic mass is 16.4. The van der Waals surface area contributed by atoms with Crippen LogP contribution < -0.4 is 10.6 Å². The third-order valence-corrected chi connectivity index (χ3v) is 2.65. The molecule has 0 aliphatic heterocycles. The Labute approximate surface area is 125 Å². The number of carbonyl (C=O) groups excluding carboxylic acids is 2. The summed E-state index contributed by atoms with van der Waals surface area (Å²) in [6, 6.07) is 7.93. The third-order valence-electron chi connectivity index (χ3n) is 2.65. The van der Waals surface area contributed by atoms with Gasteiger partial charge in [-0.15, -0.1) is 0 Å². The highest BCUT2D eigenvalue weighted by Gasteiger charge is 2.09. The number of amides is 2. The molecule has 2 aromatic rings.